The molecule has 0 bridgehead atoms. The molecular formula is C16H29N5O8. The monoisotopic (exact) mass is 419 g/mol. The molecule has 0 aromatic rings. The third-order valence-electron chi connectivity index (χ3n) is 3.90. The smallest absolute Gasteiger partial charge is 0.328 e. The summed E-state index contributed by atoms with van der Waals surface area (Å²) in [6.07, 6.45) is -2.98. The van der Waals surface area contributed by atoms with Gasteiger partial charge < -0.3 is 42.7 Å². The molecule has 10 N–H and O–H groups in total. The molecule has 0 aliphatic carbocycles. The number of nitrogens with two attached hydrogens (primary N) is 2. The molecule has 0 aromatic carbocycles. The lowest BCUT2D eigenvalue weighted by molar-refractivity contribution is -0.146. The predicted molar refractivity (Wildman–Crippen MR) is 98.9 cm³/mol. The van der Waals surface area contributed by atoms with Crippen molar-refractivity contribution >= 4 is 29.6 Å². The number of carbonyl (C=O) groups excluding carboxylic acids is 4. The zero-order valence-electron chi connectivity index (χ0n) is 16.4. The molecule has 0 aromatic heterocycles. The van der Waals surface area contributed by atoms with Gasteiger partial charge in [-0.1, -0.05) is 0 Å². The molecule has 166 valence electrons. The highest BCUT2D eigenvalue weighted by atomic mass is 16.4. The minimum absolute atomic E-state index is 0.0237. The topological polar surface area (TPSA) is 234 Å². The molecular weight excluding hydrogens is 390 g/mol. The molecule has 0 saturated heterocycles. The fraction of sp³-hybridized carbons (Fsp3) is 0.688. The first kappa shape index (κ1) is 26.2. The number of aliphatic hydroxyl groups excluding tert-OH is 2. The number of nitrogens with one attached hydrogen (secondary N) is 3. The fourth-order valence-electron chi connectivity index (χ4n) is 2.13. The molecule has 0 heterocycles. The summed E-state index contributed by atoms with van der Waals surface area (Å²) in [7, 11) is 0. The van der Waals surface area contributed by atoms with Crippen molar-refractivity contribution in [1.82, 2.24) is 16.0 Å². The van der Waals surface area contributed by atoms with E-state index in [4.69, 9.17) is 16.6 Å². The van der Waals surface area contributed by atoms with Crippen LogP contribution in [-0.4, -0.2) is 81.3 Å². The van der Waals surface area contributed by atoms with Crippen LogP contribution < -0.4 is 27.4 Å². The minimum atomic E-state index is -1.65. The van der Waals surface area contributed by atoms with E-state index in [9.17, 15) is 34.2 Å². The van der Waals surface area contributed by atoms with Crippen molar-refractivity contribution in [3.8, 4) is 0 Å². The van der Waals surface area contributed by atoms with Crippen LogP contribution in [0.3, 0.4) is 0 Å². The lowest BCUT2D eigenvalue weighted by atomic mass is 10.1. The number of aliphatic carboxylic acids is 1. The van der Waals surface area contributed by atoms with Crippen LogP contribution in [0.2, 0.25) is 0 Å². The number of aliphatic hydroxyl groups is 2. The van der Waals surface area contributed by atoms with Gasteiger partial charge in [-0.2, -0.15) is 0 Å². The second-order valence-electron chi connectivity index (χ2n) is 6.63. The average Bonchev–Trinajstić information content (AvgIpc) is 2.60. The van der Waals surface area contributed by atoms with Crippen LogP contribution in [0.15, 0.2) is 0 Å². The van der Waals surface area contributed by atoms with Gasteiger partial charge in [0.2, 0.25) is 23.6 Å². The highest BCUT2D eigenvalue weighted by Crippen LogP contribution is 2.00. The van der Waals surface area contributed by atoms with Crippen molar-refractivity contribution in [2.75, 3.05) is 0 Å². The van der Waals surface area contributed by atoms with Crippen LogP contribution in [0, 0.1) is 0 Å². The van der Waals surface area contributed by atoms with Crippen LogP contribution in [0.25, 0.3) is 0 Å². The Labute approximate surface area is 167 Å². The van der Waals surface area contributed by atoms with E-state index in [0.29, 0.717) is 0 Å². The second kappa shape index (κ2) is 11.9. The van der Waals surface area contributed by atoms with E-state index in [2.05, 4.69) is 10.6 Å². The number of amides is 4. The first-order valence-electron chi connectivity index (χ1n) is 8.81. The highest BCUT2D eigenvalue weighted by Gasteiger charge is 2.33. The molecule has 0 fully saturated rings. The van der Waals surface area contributed by atoms with E-state index in [1.54, 1.807) is 0 Å². The third-order valence-corrected chi connectivity index (χ3v) is 3.90. The number of carboxylic acid groups (broad SMARTS) is 1. The zero-order valence-corrected chi connectivity index (χ0v) is 16.4. The van der Waals surface area contributed by atoms with E-state index in [1.165, 1.54) is 13.8 Å². The van der Waals surface area contributed by atoms with Gasteiger partial charge in [-0.05, 0) is 27.2 Å². The SMILES string of the molecule is CC(NC(=O)C(N)CCC(N)=O)C(=O)NC(C(=O)NC(C(=O)O)C(C)O)C(C)O. The largest absolute Gasteiger partial charge is 0.480 e. The Morgan fingerprint density at radius 2 is 1.31 bits per heavy atom. The van der Waals surface area contributed by atoms with Crippen molar-refractivity contribution in [3.63, 3.8) is 0 Å². The summed E-state index contributed by atoms with van der Waals surface area (Å²) >= 11 is 0. The molecule has 6 atom stereocenters. The molecule has 0 saturated carbocycles. The molecule has 29 heavy (non-hydrogen) atoms. The molecule has 0 aliphatic rings. The summed E-state index contributed by atoms with van der Waals surface area (Å²) in [5, 5.41) is 34.7. The Kier molecular flexibility index (Phi) is 10.8. The lowest BCUT2D eigenvalue weighted by Crippen LogP contribution is -2.60. The van der Waals surface area contributed by atoms with Gasteiger partial charge in [0.05, 0.1) is 18.2 Å². The van der Waals surface area contributed by atoms with Gasteiger partial charge in [0.1, 0.15) is 12.1 Å². The van der Waals surface area contributed by atoms with Crippen molar-refractivity contribution < 1.29 is 39.3 Å². The quantitative estimate of drug-likeness (QED) is 0.153. The van der Waals surface area contributed by atoms with Gasteiger partial charge in [0.15, 0.2) is 6.04 Å². The summed E-state index contributed by atoms with van der Waals surface area (Å²) in [6.45, 7) is 3.63. The van der Waals surface area contributed by atoms with E-state index in [0.717, 1.165) is 6.92 Å². The molecule has 6 unspecified atom stereocenters. The highest BCUT2D eigenvalue weighted by molar-refractivity contribution is 5.94. The van der Waals surface area contributed by atoms with Gasteiger partial charge >= 0.3 is 5.97 Å². The Bertz CT molecular complexity index is 624. The minimum Gasteiger partial charge on any atom is -0.480 e. The van der Waals surface area contributed by atoms with Crippen LogP contribution in [0.5, 0.6) is 0 Å². The van der Waals surface area contributed by atoms with Crippen LogP contribution in [-0.2, 0) is 24.0 Å². The van der Waals surface area contributed by atoms with Gasteiger partial charge in [-0.25, -0.2) is 4.79 Å². The Balaban J connectivity index is 4.96. The van der Waals surface area contributed by atoms with Gasteiger partial charge in [-0.15, -0.1) is 0 Å². The van der Waals surface area contributed by atoms with Crippen molar-refractivity contribution in [2.24, 2.45) is 11.5 Å². The Morgan fingerprint density at radius 1 is 0.828 bits per heavy atom. The fourth-order valence-corrected chi connectivity index (χ4v) is 2.13. The maximum atomic E-state index is 12.2. The third kappa shape index (κ3) is 9.32. The number of hydrogen-bond acceptors (Lipinski definition) is 8. The molecule has 13 heteroatoms. The molecule has 0 aliphatic heterocycles. The number of rotatable bonds is 12. The van der Waals surface area contributed by atoms with Crippen LogP contribution in [0.1, 0.15) is 33.6 Å². The predicted octanol–water partition coefficient (Wildman–Crippen LogP) is -4.10. The summed E-state index contributed by atoms with van der Waals surface area (Å²) in [5.41, 5.74) is 10.6. The first-order valence-corrected chi connectivity index (χ1v) is 8.81. The molecule has 13 nitrogen and oxygen atoms in total. The number of carboxylic acids is 1. The van der Waals surface area contributed by atoms with Crippen molar-refractivity contribution in [2.45, 2.75) is 70.0 Å². The van der Waals surface area contributed by atoms with E-state index in [1.807, 2.05) is 5.32 Å². The van der Waals surface area contributed by atoms with E-state index < -0.39 is 66.0 Å². The van der Waals surface area contributed by atoms with E-state index >= 15 is 0 Å². The maximum Gasteiger partial charge on any atom is 0.328 e. The van der Waals surface area contributed by atoms with Gasteiger partial charge in [-0.3, -0.25) is 19.2 Å². The van der Waals surface area contributed by atoms with Crippen molar-refractivity contribution in [1.29, 1.82) is 0 Å². The first-order chi connectivity index (χ1) is 13.3. The second-order valence-corrected chi connectivity index (χ2v) is 6.63. The summed E-state index contributed by atoms with van der Waals surface area (Å²) in [4.78, 5) is 58.2. The lowest BCUT2D eigenvalue weighted by Gasteiger charge is -2.26. The summed E-state index contributed by atoms with van der Waals surface area (Å²) < 4.78 is 0. The zero-order chi connectivity index (χ0) is 22.9. The summed E-state index contributed by atoms with van der Waals surface area (Å²) in [5.74, 6) is -4.77. The normalized spacial score (nSPS) is 17.0. The molecule has 0 spiro atoms. The Morgan fingerprint density at radius 3 is 1.72 bits per heavy atom. The average molecular weight is 419 g/mol. The molecule has 0 rings (SSSR count). The molecule has 0 radical (unpaired) electrons. The van der Waals surface area contributed by atoms with Crippen LogP contribution >= 0.6 is 0 Å². The number of hydrogen-bond donors (Lipinski definition) is 8. The standard InChI is InChI=1S/C16H29N5O8/c1-6(19-14(26)9(17)4-5-10(18)24)13(25)20-11(7(2)22)15(27)21-12(8(3)23)16(28)29/h6-9,11-12,22-23H,4-5,17H2,1-3H3,(H2,18,24)(H,19,26)(H,20,25)(H,21,27)(H,28,29). The van der Waals surface area contributed by atoms with Crippen molar-refractivity contribution in [3.05, 3.63) is 0 Å². The maximum absolute atomic E-state index is 12.2. The van der Waals surface area contributed by atoms with E-state index in [-0.39, 0.29) is 12.8 Å². The summed E-state index contributed by atoms with van der Waals surface area (Å²) in [6, 6.07) is -5.45. The molecule has 4 amide bonds. The van der Waals surface area contributed by atoms with Gasteiger partial charge in [0, 0.05) is 6.42 Å². The van der Waals surface area contributed by atoms with Gasteiger partial charge in [0.25, 0.3) is 0 Å². The van der Waals surface area contributed by atoms with Crippen LogP contribution in [0.4, 0.5) is 0 Å². The number of primary amides is 1. The number of carbonyl (C=O) groups is 5. The Hall–Kier alpha value is -2.77.